The van der Waals surface area contributed by atoms with Gasteiger partial charge < -0.3 is 14.5 Å². The van der Waals surface area contributed by atoms with Crippen LogP contribution in [0.15, 0.2) is 51.6 Å². The second-order valence-corrected chi connectivity index (χ2v) is 6.31. The lowest BCUT2D eigenvalue weighted by Crippen LogP contribution is -2.47. The molecule has 2 heterocycles. The van der Waals surface area contributed by atoms with Crippen molar-refractivity contribution in [3.63, 3.8) is 0 Å². The van der Waals surface area contributed by atoms with Crippen molar-refractivity contribution in [3.05, 3.63) is 58.5 Å². The number of furan rings is 1. The maximum Gasteiger partial charge on any atom is 0.287 e. The van der Waals surface area contributed by atoms with Crippen molar-refractivity contribution in [2.45, 2.75) is 12.6 Å². The van der Waals surface area contributed by atoms with Crippen molar-refractivity contribution in [2.24, 2.45) is 0 Å². The van der Waals surface area contributed by atoms with Gasteiger partial charge in [-0.05, 0) is 33.6 Å². The number of rotatable bonds is 5. The van der Waals surface area contributed by atoms with Gasteiger partial charge in [-0.3, -0.25) is 9.69 Å². The minimum atomic E-state index is -0.223. The molecule has 6 heteroatoms. The molecule has 1 unspecified atom stereocenters. The van der Waals surface area contributed by atoms with Gasteiger partial charge >= 0.3 is 0 Å². The molecule has 0 radical (unpaired) electrons. The average molecular weight is 379 g/mol. The van der Waals surface area contributed by atoms with Crippen LogP contribution in [-0.2, 0) is 11.3 Å². The summed E-state index contributed by atoms with van der Waals surface area (Å²) in [6, 6.07) is 13.7. The van der Waals surface area contributed by atoms with E-state index in [0.29, 0.717) is 23.6 Å². The fraction of sp³-hybridized carbons (Fsp3) is 0.353. The van der Waals surface area contributed by atoms with Gasteiger partial charge in [0.1, 0.15) is 0 Å². The summed E-state index contributed by atoms with van der Waals surface area (Å²) in [6.45, 7) is 3.77. The van der Waals surface area contributed by atoms with Crippen LogP contribution in [0.1, 0.15) is 16.1 Å². The van der Waals surface area contributed by atoms with E-state index in [-0.39, 0.29) is 12.0 Å². The summed E-state index contributed by atoms with van der Waals surface area (Å²) in [5, 5.41) is 2.86. The lowest BCUT2D eigenvalue weighted by Gasteiger charge is -2.33. The summed E-state index contributed by atoms with van der Waals surface area (Å²) in [5.41, 5.74) is 1.29. The summed E-state index contributed by atoms with van der Waals surface area (Å²) in [4.78, 5) is 14.3. The first-order valence-electron chi connectivity index (χ1n) is 7.62. The van der Waals surface area contributed by atoms with E-state index >= 15 is 0 Å². The van der Waals surface area contributed by atoms with E-state index in [1.54, 1.807) is 12.1 Å². The van der Waals surface area contributed by atoms with E-state index in [2.05, 4.69) is 50.4 Å². The molecule has 0 aliphatic carbocycles. The largest absolute Gasteiger partial charge is 0.444 e. The third kappa shape index (κ3) is 4.67. The number of hydrogen-bond donors (Lipinski definition) is 1. The summed E-state index contributed by atoms with van der Waals surface area (Å²) < 4.78 is 11.5. The molecule has 1 aromatic heterocycles. The number of nitrogens with one attached hydrogen (secondary N) is 1. The van der Waals surface area contributed by atoms with Crippen molar-refractivity contribution < 1.29 is 13.9 Å². The molecular formula is C17H19BrN2O3. The average Bonchev–Trinajstić information content (AvgIpc) is 3.01. The number of amides is 1. The van der Waals surface area contributed by atoms with E-state index < -0.39 is 0 Å². The molecule has 1 amide bonds. The summed E-state index contributed by atoms with van der Waals surface area (Å²) in [7, 11) is 0. The summed E-state index contributed by atoms with van der Waals surface area (Å²) >= 11 is 3.19. The first-order chi connectivity index (χ1) is 11.2. The van der Waals surface area contributed by atoms with Gasteiger partial charge in [0.15, 0.2) is 10.4 Å². The molecule has 5 nitrogen and oxygen atoms in total. The maximum absolute atomic E-state index is 12.0. The molecule has 3 rings (SSSR count). The normalized spacial score (nSPS) is 18.7. The van der Waals surface area contributed by atoms with Crippen LogP contribution in [0.3, 0.4) is 0 Å². The number of benzene rings is 1. The van der Waals surface area contributed by atoms with Crippen LogP contribution in [0.2, 0.25) is 0 Å². The maximum atomic E-state index is 12.0. The van der Waals surface area contributed by atoms with Crippen LogP contribution in [0.25, 0.3) is 0 Å². The van der Waals surface area contributed by atoms with Gasteiger partial charge in [-0.25, -0.2) is 0 Å². The fourth-order valence-electron chi connectivity index (χ4n) is 2.62. The molecule has 1 aliphatic rings. The highest BCUT2D eigenvalue weighted by Crippen LogP contribution is 2.14. The smallest absolute Gasteiger partial charge is 0.287 e. The van der Waals surface area contributed by atoms with E-state index in [9.17, 15) is 4.79 Å². The first kappa shape index (κ1) is 16.2. The topological polar surface area (TPSA) is 54.7 Å². The summed E-state index contributed by atoms with van der Waals surface area (Å²) in [6.07, 6.45) is -0.00480. The first-order valence-corrected chi connectivity index (χ1v) is 8.41. The monoisotopic (exact) mass is 378 g/mol. The Hall–Kier alpha value is -1.63. The van der Waals surface area contributed by atoms with Crippen molar-refractivity contribution in [2.75, 3.05) is 26.2 Å². The van der Waals surface area contributed by atoms with E-state index in [1.165, 1.54) is 5.56 Å². The van der Waals surface area contributed by atoms with Crippen molar-refractivity contribution in [1.82, 2.24) is 10.2 Å². The van der Waals surface area contributed by atoms with Crippen LogP contribution in [0, 0.1) is 0 Å². The highest BCUT2D eigenvalue weighted by Gasteiger charge is 2.21. The minimum absolute atomic E-state index is 0.00480. The Morgan fingerprint density at radius 2 is 2.09 bits per heavy atom. The van der Waals surface area contributed by atoms with Gasteiger partial charge in [-0.15, -0.1) is 0 Å². The molecule has 122 valence electrons. The van der Waals surface area contributed by atoms with Crippen LogP contribution >= 0.6 is 15.9 Å². The van der Waals surface area contributed by atoms with E-state index in [0.717, 1.165) is 19.6 Å². The molecule has 1 aliphatic heterocycles. The number of hydrogen-bond acceptors (Lipinski definition) is 4. The number of ether oxygens (including phenoxy) is 1. The van der Waals surface area contributed by atoms with E-state index in [4.69, 9.17) is 9.15 Å². The number of nitrogens with zero attached hydrogens (tertiary/aromatic N) is 1. The van der Waals surface area contributed by atoms with Crippen LogP contribution in [-0.4, -0.2) is 43.2 Å². The molecule has 23 heavy (non-hydrogen) atoms. The standard InChI is InChI=1S/C17H19BrN2O3/c18-16-7-6-15(23-16)17(21)19-10-14-12-20(8-9-22-14)11-13-4-2-1-3-5-13/h1-7,14H,8-12H2,(H,19,21). The highest BCUT2D eigenvalue weighted by atomic mass is 79.9. The number of carbonyl (C=O) groups is 1. The Bertz CT molecular complexity index is 644. The Labute approximate surface area is 143 Å². The van der Waals surface area contributed by atoms with Crippen LogP contribution < -0.4 is 5.32 Å². The second-order valence-electron chi connectivity index (χ2n) is 5.53. The van der Waals surface area contributed by atoms with Gasteiger partial charge in [-0.1, -0.05) is 30.3 Å². The zero-order chi connectivity index (χ0) is 16.1. The van der Waals surface area contributed by atoms with Crippen molar-refractivity contribution >= 4 is 21.8 Å². The number of carbonyl (C=O) groups excluding carboxylic acids is 1. The van der Waals surface area contributed by atoms with E-state index in [1.807, 2.05) is 6.07 Å². The van der Waals surface area contributed by atoms with Crippen molar-refractivity contribution in [3.8, 4) is 0 Å². The molecular weight excluding hydrogens is 360 g/mol. The molecule has 1 atom stereocenters. The fourth-order valence-corrected chi connectivity index (χ4v) is 2.93. The predicted molar refractivity (Wildman–Crippen MR) is 90.2 cm³/mol. The number of halogens is 1. The van der Waals surface area contributed by atoms with Crippen LogP contribution in [0.4, 0.5) is 0 Å². The number of morpholine rings is 1. The Balaban J connectivity index is 1.48. The van der Waals surface area contributed by atoms with Gasteiger partial charge in [0.25, 0.3) is 5.91 Å². The molecule has 1 aromatic carbocycles. The molecule has 0 bridgehead atoms. The minimum Gasteiger partial charge on any atom is -0.444 e. The molecule has 1 fully saturated rings. The quantitative estimate of drug-likeness (QED) is 0.868. The molecule has 1 saturated heterocycles. The SMILES string of the molecule is O=C(NCC1CN(Cc2ccccc2)CCO1)c1ccc(Br)o1. The van der Waals surface area contributed by atoms with Crippen molar-refractivity contribution in [1.29, 1.82) is 0 Å². The lowest BCUT2D eigenvalue weighted by atomic mass is 10.2. The Morgan fingerprint density at radius 3 is 2.83 bits per heavy atom. The molecule has 0 saturated carbocycles. The molecule has 0 spiro atoms. The highest BCUT2D eigenvalue weighted by molar-refractivity contribution is 9.10. The van der Waals surface area contributed by atoms with Crippen LogP contribution in [0.5, 0.6) is 0 Å². The summed E-state index contributed by atoms with van der Waals surface area (Å²) in [5.74, 6) is 0.0771. The third-order valence-corrected chi connectivity index (χ3v) is 4.19. The second kappa shape index (κ2) is 7.77. The van der Waals surface area contributed by atoms with Gasteiger partial charge in [-0.2, -0.15) is 0 Å². The van der Waals surface area contributed by atoms with Gasteiger partial charge in [0, 0.05) is 26.2 Å². The van der Waals surface area contributed by atoms with Gasteiger partial charge in [0.2, 0.25) is 0 Å². The van der Waals surface area contributed by atoms with Gasteiger partial charge in [0.05, 0.1) is 12.7 Å². The Morgan fingerprint density at radius 1 is 1.26 bits per heavy atom. The zero-order valence-corrected chi connectivity index (χ0v) is 14.3. The predicted octanol–water partition coefficient (Wildman–Crippen LogP) is 2.67. The Kier molecular flexibility index (Phi) is 5.48. The molecule has 1 N–H and O–H groups in total. The molecule has 2 aromatic rings. The lowest BCUT2D eigenvalue weighted by molar-refractivity contribution is -0.0293. The zero-order valence-electron chi connectivity index (χ0n) is 12.7. The third-order valence-electron chi connectivity index (χ3n) is 3.76.